The van der Waals surface area contributed by atoms with Crippen LogP contribution in [0.1, 0.15) is 11.4 Å². The molecule has 5 nitrogen and oxygen atoms in total. The van der Waals surface area contributed by atoms with E-state index in [1.165, 1.54) is 11.8 Å². The number of halogens is 1. The minimum absolute atomic E-state index is 0.111. The van der Waals surface area contributed by atoms with Crippen LogP contribution in [0.2, 0.25) is 5.02 Å². The van der Waals surface area contributed by atoms with Crippen LogP contribution in [0.25, 0.3) is 0 Å². The SMILES string of the molecule is C=CCn1c(Cc2ccccc2)nnc1SCC(=O)Nc1ccc(Cl)cc1. The number of hydrogen-bond acceptors (Lipinski definition) is 4. The molecule has 0 radical (unpaired) electrons. The van der Waals surface area contributed by atoms with Crippen LogP contribution in [0.5, 0.6) is 0 Å². The van der Waals surface area contributed by atoms with Gasteiger partial charge in [-0.05, 0) is 29.8 Å². The number of thioether (sulfide) groups is 1. The van der Waals surface area contributed by atoms with Crippen LogP contribution in [0.4, 0.5) is 5.69 Å². The van der Waals surface area contributed by atoms with Crippen molar-refractivity contribution >= 4 is 35.0 Å². The van der Waals surface area contributed by atoms with Crippen LogP contribution in [-0.2, 0) is 17.8 Å². The Morgan fingerprint density at radius 1 is 1.15 bits per heavy atom. The lowest BCUT2D eigenvalue weighted by Crippen LogP contribution is -2.14. The molecule has 7 heteroatoms. The Bertz CT molecular complexity index is 909. The zero-order chi connectivity index (χ0) is 19.1. The van der Waals surface area contributed by atoms with Crippen molar-refractivity contribution in [1.29, 1.82) is 0 Å². The lowest BCUT2D eigenvalue weighted by atomic mass is 10.1. The number of carbonyl (C=O) groups is 1. The van der Waals surface area contributed by atoms with Gasteiger partial charge in [0.25, 0.3) is 0 Å². The van der Waals surface area contributed by atoms with Gasteiger partial charge in [0, 0.05) is 23.7 Å². The highest BCUT2D eigenvalue weighted by Gasteiger charge is 2.14. The summed E-state index contributed by atoms with van der Waals surface area (Å²) in [5.74, 6) is 0.977. The first-order chi connectivity index (χ1) is 13.2. The first kappa shape index (κ1) is 19.2. The van der Waals surface area contributed by atoms with E-state index in [0.717, 1.165) is 11.4 Å². The van der Waals surface area contributed by atoms with Crippen molar-refractivity contribution in [3.05, 3.63) is 83.7 Å². The standard InChI is InChI=1S/C20H19ClN4OS/c1-2-12-25-18(13-15-6-4-3-5-7-15)23-24-20(25)27-14-19(26)22-17-10-8-16(21)9-11-17/h2-11H,1,12-14H2,(H,22,26). The second-order valence-corrected chi connectivity index (χ2v) is 7.18. The first-order valence-corrected chi connectivity index (χ1v) is 9.77. The normalized spacial score (nSPS) is 10.6. The van der Waals surface area contributed by atoms with Crippen LogP contribution in [0, 0.1) is 0 Å². The van der Waals surface area contributed by atoms with Crippen LogP contribution < -0.4 is 5.32 Å². The minimum Gasteiger partial charge on any atom is -0.325 e. The van der Waals surface area contributed by atoms with Gasteiger partial charge in [-0.3, -0.25) is 4.79 Å². The van der Waals surface area contributed by atoms with Gasteiger partial charge in [0.05, 0.1) is 5.75 Å². The van der Waals surface area contributed by atoms with Crippen LogP contribution in [-0.4, -0.2) is 26.4 Å². The summed E-state index contributed by atoms with van der Waals surface area (Å²) in [5, 5.41) is 12.7. The zero-order valence-electron chi connectivity index (χ0n) is 14.6. The number of hydrogen-bond donors (Lipinski definition) is 1. The lowest BCUT2D eigenvalue weighted by Gasteiger charge is -2.08. The van der Waals surface area contributed by atoms with Crippen LogP contribution in [0.3, 0.4) is 0 Å². The van der Waals surface area contributed by atoms with Gasteiger partial charge in [-0.15, -0.1) is 16.8 Å². The van der Waals surface area contributed by atoms with Crippen molar-refractivity contribution in [2.24, 2.45) is 0 Å². The van der Waals surface area contributed by atoms with Crippen LogP contribution >= 0.6 is 23.4 Å². The van der Waals surface area contributed by atoms with Crippen LogP contribution in [0.15, 0.2) is 72.4 Å². The van der Waals surface area contributed by atoms with Crippen molar-refractivity contribution < 1.29 is 4.79 Å². The highest BCUT2D eigenvalue weighted by Crippen LogP contribution is 2.20. The number of carbonyl (C=O) groups excluding carboxylic acids is 1. The van der Waals surface area contributed by atoms with E-state index < -0.39 is 0 Å². The van der Waals surface area contributed by atoms with E-state index >= 15 is 0 Å². The average molecular weight is 399 g/mol. The van der Waals surface area contributed by atoms with Crippen molar-refractivity contribution in [3.8, 4) is 0 Å². The molecule has 0 bridgehead atoms. The molecule has 0 saturated carbocycles. The van der Waals surface area contributed by atoms with Crippen molar-refractivity contribution in [3.63, 3.8) is 0 Å². The van der Waals surface area contributed by atoms with E-state index in [1.54, 1.807) is 30.3 Å². The maximum absolute atomic E-state index is 12.2. The van der Waals surface area contributed by atoms with E-state index in [-0.39, 0.29) is 11.7 Å². The number of allylic oxidation sites excluding steroid dienone is 1. The van der Waals surface area contributed by atoms with Gasteiger partial charge >= 0.3 is 0 Å². The maximum atomic E-state index is 12.2. The van der Waals surface area contributed by atoms with E-state index in [0.29, 0.717) is 28.8 Å². The number of rotatable bonds is 8. The van der Waals surface area contributed by atoms with Crippen molar-refractivity contribution in [2.75, 3.05) is 11.1 Å². The number of nitrogens with one attached hydrogen (secondary N) is 1. The monoisotopic (exact) mass is 398 g/mol. The molecule has 0 spiro atoms. The Balaban J connectivity index is 1.64. The second kappa shape index (κ2) is 9.39. The van der Waals surface area contributed by atoms with E-state index in [1.807, 2.05) is 22.8 Å². The number of aromatic nitrogens is 3. The molecule has 0 unspecified atom stereocenters. The quantitative estimate of drug-likeness (QED) is 0.450. The largest absolute Gasteiger partial charge is 0.325 e. The van der Waals surface area contributed by atoms with Gasteiger partial charge in [-0.2, -0.15) is 0 Å². The Morgan fingerprint density at radius 2 is 1.89 bits per heavy atom. The molecule has 0 saturated heterocycles. The molecule has 0 aliphatic heterocycles. The highest BCUT2D eigenvalue weighted by molar-refractivity contribution is 7.99. The summed E-state index contributed by atoms with van der Waals surface area (Å²) in [7, 11) is 0. The molecule has 1 heterocycles. The summed E-state index contributed by atoms with van der Waals surface area (Å²) >= 11 is 7.21. The number of benzene rings is 2. The van der Waals surface area contributed by atoms with Gasteiger partial charge in [0.15, 0.2) is 5.16 Å². The van der Waals surface area contributed by atoms with Gasteiger partial charge in [0.2, 0.25) is 5.91 Å². The van der Waals surface area contributed by atoms with E-state index in [9.17, 15) is 4.79 Å². The fourth-order valence-corrected chi connectivity index (χ4v) is 3.40. The molecule has 1 amide bonds. The molecular weight excluding hydrogens is 380 g/mol. The van der Waals surface area contributed by atoms with Gasteiger partial charge in [-0.25, -0.2) is 0 Å². The molecule has 138 valence electrons. The third-order valence-electron chi connectivity index (χ3n) is 3.77. The fraction of sp³-hybridized carbons (Fsp3) is 0.150. The second-order valence-electron chi connectivity index (χ2n) is 5.80. The summed E-state index contributed by atoms with van der Waals surface area (Å²) in [6.45, 7) is 4.40. The predicted octanol–water partition coefficient (Wildman–Crippen LogP) is 4.44. The summed E-state index contributed by atoms with van der Waals surface area (Å²) in [5.41, 5.74) is 1.87. The minimum atomic E-state index is -0.111. The Hall–Kier alpha value is -2.57. The van der Waals surface area contributed by atoms with Gasteiger partial charge in [-0.1, -0.05) is 59.8 Å². The molecule has 1 N–H and O–H groups in total. The highest BCUT2D eigenvalue weighted by atomic mass is 35.5. The molecule has 2 aromatic carbocycles. The summed E-state index contributed by atoms with van der Waals surface area (Å²) < 4.78 is 1.99. The smallest absolute Gasteiger partial charge is 0.234 e. The summed E-state index contributed by atoms with van der Waals surface area (Å²) in [4.78, 5) is 12.2. The topological polar surface area (TPSA) is 59.8 Å². The molecule has 0 aliphatic rings. The Kier molecular flexibility index (Phi) is 6.68. The molecule has 3 rings (SSSR count). The zero-order valence-corrected chi connectivity index (χ0v) is 16.2. The van der Waals surface area contributed by atoms with Crippen molar-refractivity contribution in [2.45, 2.75) is 18.1 Å². The molecular formula is C20H19ClN4OS. The average Bonchev–Trinajstić information content (AvgIpc) is 3.05. The number of amides is 1. The van der Waals surface area contributed by atoms with Gasteiger partial charge in [0.1, 0.15) is 5.82 Å². The fourth-order valence-electron chi connectivity index (χ4n) is 2.51. The molecule has 27 heavy (non-hydrogen) atoms. The first-order valence-electron chi connectivity index (χ1n) is 8.41. The summed E-state index contributed by atoms with van der Waals surface area (Å²) in [6.07, 6.45) is 2.48. The molecule has 0 atom stereocenters. The van der Waals surface area contributed by atoms with E-state index in [2.05, 4.69) is 34.2 Å². The summed E-state index contributed by atoms with van der Waals surface area (Å²) in [6, 6.07) is 17.1. The molecule has 3 aromatic rings. The number of nitrogens with zero attached hydrogens (tertiary/aromatic N) is 3. The molecule has 1 aromatic heterocycles. The number of anilines is 1. The predicted molar refractivity (Wildman–Crippen MR) is 110 cm³/mol. The third kappa shape index (κ3) is 5.45. The van der Waals surface area contributed by atoms with E-state index in [4.69, 9.17) is 11.6 Å². The Labute approximate surface area is 167 Å². The van der Waals surface area contributed by atoms with Crippen molar-refractivity contribution in [1.82, 2.24) is 14.8 Å². The Morgan fingerprint density at radius 3 is 2.59 bits per heavy atom. The third-order valence-corrected chi connectivity index (χ3v) is 4.99. The maximum Gasteiger partial charge on any atom is 0.234 e. The molecule has 0 aliphatic carbocycles. The van der Waals surface area contributed by atoms with Gasteiger partial charge < -0.3 is 9.88 Å². The lowest BCUT2D eigenvalue weighted by molar-refractivity contribution is -0.113. The molecule has 0 fully saturated rings.